The summed E-state index contributed by atoms with van der Waals surface area (Å²) in [5.41, 5.74) is 0.677. The number of carbonyl (C=O) groups excluding carboxylic acids is 8. The first-order chi connectivity index (χ1) is 26.1. The fourth-order valence-electron chi connectivity index (χ4n) is 5.16. The van der Waals surface area contributed by atoms with Crippen molar-refractivity contribution in [3.63, 3.8) is 0 Å². The number of amides is 2. The highest BCUT2D eigenvalue weighted by Gasteiger charge is 2.37. The highest BCUT2D eigenvalue weighted by atomic mass is 16.5. The molecule has 2 amide bonds. The molecule has 6 rings (SSSR count). The lowest BCUT2D eigenvalue weighted by molar-refractivity contribution is -0.142. The van der Waals surface area contributed by atoms with Crippen LogP contribution in [0.4, 0.5) is 0 Å². The van der Waals surface area contributed by atoms with Crippen LogP contribution in [0.2, 0.25) is 0 Å². The van der Waals surface area contributed by atoms with Crippen molar-refractivity contribution in [2.45, 2.75) is 0 Å². The van der Waals surface area contributed by atoms with Crippen molar-refractivity contribution in [3.05, 3.63) is 166 Å². The van der Waals surface area contributed by atoms with E-state index in [9.17, 15) is 38.4 Å². The summed E-state index contributed by atoms with van der Waals surface area (Å²) in [4.78, 5) is 102. The molecule has 0 spiro atoms. The van der Waals surface area contributed by atoms with Crippen LogP contribution in [0.15, 0.2) is 127 Å². The van der Waals surface area contributed by atoms with Gasteiger partial charge in [-0.15, -0.1) is 0 Å². The number of hydrogen-bond donors (Lipinski definition) is 0. The first-order valence-electron chi connectivity index (χ1n) is 16.2. The van der Waals surface area contributed by atoms with Gasteiger partial charge in [-0.25, -0.2) is 14.4 Å². The maximum absolute atomic E-state index is 13.1. The van der Waals surface area contributed by atoms with E-state index in [1.165, 1.54) is 60.7 Å². The summed E-state index contributed by atoms with van der Waals surface area (Å²) in [7, 11) is 0. The summed E-state index contributed by atoms with van der Waals surface area (Å²) in [6, 6.07) is 31.5. The number of rotatable bonds is 13. The van der Waals surface area contributed by atoms with E-state index in [2.05, 4.69) is 0 Å². The molecule has 13 nitrogen and oxygen atoms in total. The van der Waals surface area contributed by atoms with Gasteiger partial charge in [0, 0.05) is 11.1 Å². The van der Waals surface area contributed by atoms with E-state index < -0.39 is 67.0 Å². The molecule has 5 aromatic rings. The maximum atomic E-state index is 13.1. The zero-order valence-electron chi connectivity index (χ0n) is 28.1. The fraction of sp³-hybridized carbons (Fsp3) is 0.0732. The largest absolute Gasteiger partial charge is 0.456 e. The number of carbonyl (C=O) groups is 8. The van der Waals surface area contributed by atoms with Gasteiger partial charge >= 0.3 is 23.9 Å². The van der Waals surface area contributed by atoms with E-state index >= 15 is 0 Å². The van der Waals surface area contributed by atoms with E-state index in [-0.39, 0.29) is 39.3 Å². The molecule has 1 aliphatic heterocycles. The molecule has 0 aliphatic carbocycles. The van der Waals surface area contributed by atoms with Gasteiger partial charge in [0.15, 0.2) is 24.8 Å². The predicted octanol–water partition coefficient (Wildman–Crippen LogP) is 5.19. The third kappa shape index (κ3) is 8.49. The molecular formula is C41H27NO12. The number of fused-ring (bicyclic) bond motifs is 1. The minimum Gasteiger partial charge on any atom is -0.456 e. The highest BCUT2D eigenvalue weighted by Crippen LogP contribution is 2.25. The molecule has 0 saturated heterocycles. The average molecular weight is 726 g/mol. The van der Waals surface area contributed by atoms with Crippen LogP contribution in [0, 0.1) is 0 Å². The number of Topliss-reactive ketones (excluding diaryl/α,β-unsaturated/α-hetero) is 2. The molecule has 0 radical (unpaired) electrons. The Morgan fingerprint density at radius 1 is 0.444 bits per heavy atom. The van der Waals surface area contributed by atoms with Crippen LogP contribution >= 0.6 is 0 Å². The Labute approximate surface area is 306 Å². The van der Waals surface area contributed by atoms with Crippen LogP contribution in [0.25, 0.3) is 0 Å². The van der Waals surface area contributed by atoms with Crippen molar-refractivity contribution in [2.24, 2.45) is 0 Å². The van der Waals surface area contributed by atoms with Gasteiger partial charge in [-0.2, -0.15) is 0 Å². The smallest absolute Gasteiger partial charge is 0.343 e. The van der Waals surface area contributed by atoms with Crippen LogP contribution in [0.5, 0.6) is 11.5 Å². The molecule has 1 heterocycles. The summed E-state index contributed by atoms with van der Waals surface area (Å²) < 4.78 is 20.7. The SMILES string of the molecule is O=C(CN1C(=O)c2ccc(C(=O)OCC(=O)c3ccc(OC(=O)c4ccccc4)cc3)cc2C1=O)OCC(=O)c1ccc(OC(=O)c2ccccc2)cc1. The van der Waals surface area contributed by atoms with Crippen LogP contribution in [0.3, 0.4) is 0 Å². The minimum atomic E-state index is -1.04. The van der Waals surface area contributed by atoms with Crippen molar-refractivity contribution in [1.29, 1.82) is 0 Å². The first-order valence-corrected chi connectivity index (χ1v) is 16.2. The Balaban J connectivity index is 0.971. The Kier molecular flexibility index (Phi) is 10.9. The van der Waals surface area contributed by atoms with E-state index in [1.54, 1.807) is 60.7 Å². The standard InChI is InChI=1S/C41H27NO12/c43-34(25-11-16-30(17-12-25)53-40(49)27-7-3-1-4-8-27)23-51-36(45)22-42-37(46)32-20-15-29(21-33(32)38(42)47)39(48)52-24-35(44)26-13-18-31(19-14-26)54-41(50)28-9-5-2-6-10-28/h1-21H,22-24H2. The van der Waals surface area contributed by atoms with Gasteiger partial charge < -0.3 is 18.9 Å². The summed E-state index contributed by atoms with van der Waals surface area (Å²) >= 11 is 0. The van der Waals surface area contributed by atoms with E-state index in [0.29, 0.717) is 16.0 Å². The summed E-state index contributed by atoms with van der Waals surface area (Å²) in [5.74, 6) is -5.56. The molecule has 13 heteroatoms. The van der Waals surface area contributed by atoms with Crippen LogP contribution in [-0.4, -0.2) is 71.9 Å². The van der Waals surface area contributed by atoms with Gasteiger partial charge in [0.05, 0.1) is 27.8 Å². The zero-order valence-corrected chi connectivity index (χ0v) is 28.1. The lowest BCUT2D eigenvalue weighted by Gasteiger charge is -2.13. The van der Waals surface area contributed by atoms with Gasteiger partial charge in [0.2, 0.25) is 0 Å². The number of ether oxygens (including phenoxy) is 4. The number of nitrogens with zero attached hydrogens (tertiary/aromatic N) is 1. The second-order valence-corrected chi connectivity index (χ2v) is 11.6. The number of ketones is 2. The Morgan fingerprint density at radius 3 is 1.39 bits per heavy atom. The van der Waals surface area contributed by atoms with Crippen molar-refractivity contribution >= 4 is 47.3 Å². The number of hydrogen-bond acceptors (Lipinski definition) is 12. The Hall–Kier alpha value is -7.54. The summed E-state index contributed by atoms with van der Waals surface area (Å²) in [6.07, 6.45) is 0. The summed E-state index contributed by atoms with van der Waals surface area (Å²) in [5, 5.41) is 0. The van der Waals surface area contributed by atoms with Crippen LogP contribution in [0.1, 0.15) is 72.5 Å². The lowest BCUT2D eigenvalue weighted by atomic mass is 10.1. The average Bonchev–Trinajstić information content (AvgIpc) is 3.44. The second kappa shape index (κ2) is 16.2. The van der Waals surface area contributed by atoms with Gasteiger partial charge in [0.1, 0.15) is 18.0 Å². The topological polar surface area (TPSA) is 177 Å². The highest BCUT2D eigenvalue weighted by molar-refractivity contribution is 6.23. The molecule has 5 aromatic carbocycles. The van der Waals surface area contributed by atoms with Gasteiger partial charge in [-0.3, -0.25) is 28.9 Å². The Morgan fingerprint density at radius 2 is 0.889 bits per heavy atom. The molecule has 0 bridgehead atoms. The fourth-order valence-corrected chi connectivity index (χ4v) is 5.16. The summed E-state index contributed by atoms with van der Waals surface area (Å²) in [6.45, 7) is -2.13. The minimum absolute atomic E-state index is 0.0717. The quantitative estimate of drug-likeness (QED) is 0.0673. The van der Waals surface area contributed by atoms with Gasteiger partial charge in [0.25, 0.3) is 11.8 Å². The molecule has 0 unspecified atom stereocenters. The van der Waals surface area contributed by atoms with E-state index in [4.69, 9.17) is 18.9 Å². The Bertz CT molecular complexity index is 2280. The van der Waals surface area contributed by atoms with Crippen LogP contribution < -0.4 is 9.47 Å². The molecule has 0 fully saturated rings. The maximum Gasteiger partial charge on any atom is 0.343 e. The van der Waals surface area contributed by atoms with Crippen LogP contribution in [-0.2, 0) is 14.3 Å². The number of benzene rings is 5. The first kappa shape index (κ1) is 36.3. The van der Waals surface area contributed by atoms with Crippen molar-refractivity contribution in [3.8, 4) is 11.5 Å². The normalized spacial score (nSPS) is 11.7. The molecular weight excluding hydrogens is 698 g/mol. The molecule has 0 aromatic heterocycles. The monoisotopic (exact) mass is 725 g/mol. The van der Waals surface area contributed by atoms with Crippen molar-refractivity contribution in [2.75, 3.05) is 19.8 Å². The molecule has 0 N–H and O–H groups in total. The third-order valence-corrected chi connectivity index (χ3v) is 7.98. The third-order valence-electron chi connectivity index (χ3n) is 7.98. The molecule has 1 aliphatic rings. The molecule has 54 heavy (non-hydrogen) atoms. The predicted molar refractivity (Wildman–Crippen MR) is 187 cm³/mol. The van der Waals surface area contributed by atoms with Crippen molar-refractivity contribution in [1.82, 2.24) is 4.90 Å². The second-order valence-electron chi connectivity index (χ2n) is 11.6. The van der Waals surface area contributed by atoms with Gasteiger partial charge in [-0.1, -0.05) is 36.4 Å². The van der Waals surface area contributed by atoms with Gasteiger partial charge in [-0.05, 0) is 91.0 Å². The van der Waals surface area contributed by atoms with E-state index in [0.717, 1.165) is 6.07 Å². The number of esters is 4. The zero-order chi connectivity index (χ0) is 38.2. The molecule has 268 valence electrons. The molecule has 0 saturated carbocycles. The molecule has 0 atom stereocenters. The van der Waals surface area contributed by atoms with Crippen molar-refractivity contribution < 1.29 is 57.3 Å². The lowest BCUT2D eigenvalue weighted by Crippen LogP contribution is -2.36. The van der Waals surface area contributed by atoms with E-state index in [1.807, 2.05) is 0 Å². The number of imide groups is 1.